The number of hydrogen-bond acceptors (Lipinski definition) is 5. The van der Waals surface area contributed by atoms with Crippen LogP contribution in [0.2, 0.25) is 0 Å². The first-order valence-corrected chi connectivity index (χ1v) is 12.1. The lowest BCUT2D eigenvalue weighted by Crippen LogP contribution is -2.56. The van der Waals surface area contributed by atoms with E-state index in [0.717, 1.165) is 34.6 Å². The Balaban J connectivity index is 1.85. The fraction of sp³-hybridized carbons (Fsp3) is 0.464. The summed E-state index contributed by atoms with van der Waals surface area (Å²) in [5, 5.41) is 4.93. The summed E-state index contributed by atoms with van der Waals surface area (Å²) < 4.78 is 11.5. The van der Waals surface area contributed by atoms with Gasteiger partial charge in [0.05, 0.1) is 19.2 Å². The number of carbonyl (C=O) groups excluding carboxylic acids is 3. The van der Waals surface area contributed by atoms with Crippen LogP contribution >= 0.6 is 0 Å². The van der Waals surface area contributed by atoms with Gasteiger partial charge in [-0.15, -0.1) is 0 Å². The summed E-state index contributed by atoms with van der Waals surface area (Å²) in [6, 6.07) is 10.8. The summed E-state index contributed by atoms with van der Waals surface area (Å²) in [5.74, 6) is -0.321. The van der Waals surface area contributed by atoms with Crippen molar-refractivity contribution in [1.82, 2.24) is 10.2 Å². The second kappa shape index (κ2) is 9.82. The smallest absolute Gasteiger partial charge is 0.407 e. The largest absolute Gasteiger partial charge is 0.450 e. The molecule has 0 spiro atoms. The van der Waals surface area contributed by atoms with Crippen LogP contribution in [0.4, 0.5) is 4.79 Å². The molecule has 0 saturated carbocycles. The van der Waals surface area contributed by atoms with E-state index >= 15 is 0 Å². The zero-order valence-corrected chi connectivity index (χ0v) is 20.9. The molecule has 2 aliphatic heterocycles. The number of nitrogens with one attached hydrogen (secondary N) is 1. The first-order valence-electron chi connectivity index (χ1n) is 12.1. The Kier molecular flexibility index (Phi) is 6.99. The quantitative estimate of drug-likeness (QED) is 0.646. The van der Waals surface area contributed by atoms with Gasteiger partial charge in [-0.1, -0.05) is 57.2 Å². The molecule has 7 nitrogen and oxygen atoms in total. The topological polar surface area (TPSA) is 84.9 Å². The van der Waals surface area contributed by atoms with Crippen LogP contribution in [0, 0.1) is 5.41 Å². The van der Waals surface area contributed by atoms with Gasteiger partial charge in [-0.3, -0.25) is 4.79 Å². The van der Waals surface area contributed by atoms with Crippen molar-refractivity contribution in [2.24, 2.45) is 5.41 Å². The fourth-order valence-corrected chi connectivity index (χ4v) is 5.03. The van der Waals surface area contributed by atoms with Crippen molar-refractivity contribution in [3.63, 3.8) is 0 Å². The highest BCUT2D eigenvalue weighted by molar-refractivity contribution is 5.92. The highest BCUT2D eigenvalue weighted by Crippen LogP contribution is 2.41. The van der Waals surface area contributed by atoms with Crippen LogP contribution in [0.1, 0.15) is 51.2 Å². The number of aldehydes is 1. The molecule has 7 heteroatoms. The van der Waals surface area contributed by atoms with E-state index < -0.39 is 29.2 Å². The van der Waals surface area contributed by atoms with Gasteiger partial charge in [-0.25, -0.2) is 4.79 Å². The monoisotopic (exact) mass is 478 g/mol. The van der Waals surface area contributed by atoms with Crippen molar-refractivity contribution < 1.29 is 23.9 Å². The molecule has 2 aromatic rings. The van der Waals surface area contributed by atoms with Crippen molar-refractivity contribution in [1.29, 1.82) is 0 Å². The van der Waals surface area contributed by atoms with Gasteiger partial charge in [0.25, 0.3) is 0 Å². The Labute approximate surface area is 206 Å². The molecule has 4 rings (SSSR count). The predicted octanol–water partition coefficient (Wildman–Crippen LogP) is 4.43. The first-order chi connectivity index (χ1) is 16.7. The summed E-state index contributed by atoms with van der Waals surface area (Å²) in [4.78, 5) is 40.0. The van der Waals surface area contributed by atoms with Gasteiger partial charge in [0, 0.05) is 13.5 Å². The number of alkyl carbamates (subject to hydrolysis) is 1. The third kappa shape index (κ3) is 4.96. The van der Waals surface area contributed by atoms with Crippen molar-refractivity contribution in [3.05, 3.63) is 53.6 Å². The standard InChI is InChI=1S/C28H34N2O5/c1-27(2,3)24-25(32)30-18-28(34-4,16-22(30)17-31)21-14-19(23-12-8-7-11-20(23)15-21)10-6-5-9-13-35-26(33)29-24/h6-8,10-12,14-15,17,22,24H,5,9,13,16,18H2,1-4H3,(H,29,33)/t22-,24+,28-/m0/s1. The number of ether oxygens (including phenoxy) is 2. The maximum absolute atomic E-state index is 13.8. The molecule has 186 valence electrons. The summed E-state index contributed by atoms with van der Waals surface area (Å²) in [5.41, 5.74) is 0.521. The number of allylic oxidation sites excluding steroid dienone is 1. The summed E-state index contributed by atoms with van der Waals surface area (Å²) in [7, 11) is 1.62. The van der Waals surface area contributed by atoms with E-state index in [4.69, 9.17) is 9.47 Å². The zero-order chi connectivity index (χ0) is 25.2. The van der Waals surface area contributed by atoms with Crippen LogP contribution in [0.3, 0.4) is 0 Å². The van der Waals surface area contributed by atoms with Crippen molar-refractivity contribution >= 4 is 35.1 Å². The minimum atomic E-state index is -0.856. The van der Waals surface area contributed by atoms with E-state index in [1.165, 1.54) is 0 Å². The Morgan fingerprint density at radius 1 is 1.20 bits per heavy atom. The predicted molar refractivity (Wildman–Crippen MR) is 135 cm³/mol. The summed E-state index contributed by atoms with van der Waals surface area (Å²) in [6.07, 6.45) is 6.06. The third-order valence-electron chi connectivity index (χ3n) is 7.04. The number of amides is 2. The van der Waals surface area contributed by atoms with E-state index in [0.29, 0.717) is 12.8 Å². The lowest BCUT2D eigenvalue weighted by molar-refractivity contribution is -0.139. The second-order valence-electron chi connectivity index (χ2n) is 10.5. The molecule has 0 aromatic heterocycles. The number of methoxy groups -OCH3 is 1. The summed E-state index contributed by atoms with van der Waals surface area (Å²) >= 11 is 0. The van der Waals surface area contributed by atoms with Gasteiger partial charge < -0.3 is 24.5 Å². The van der Waals surface area contributed by atoms with E-state index in [1.54, 1.807) is 12.0 Å². The normalized spacial score (nSPS) is 25.9. The van der Waals surface area contributed by atoms with Crippen LogP contribution in [0.15, 0.2) is 42.5 Å². The Bertz CT molecular complexity index is 1150. The van der Waals surface area contributed by atoms with E-state index in [1.807, 2.05) is 32.9 Å². The molecule has 0 radical (unpaired) electrons. The molecule has 1 saturated heterocycles. The maximum Gasteiger partial charge on any atom is 0.407 e. The van der Waals surface area contributed by atoms with Gasteiger partial charge in [-0.2, -0.15) is 0 Å². The SMILES string of the molecule is CO[C@@]12C[C@@H](C=O)N(C1)C(=O)[C@H](C(C)(C)C)NC(=O)OCCCC=Cc1cc2cc2ccccc12. The second-order valence-corrected chi connectivity index (χ2v) is 10.5. The lowest BCUT2D eigenvalue weighted by atomic mass is 9.85. The zero-order valence-electron chi connectivity index (χ0n) is 20.9. The Hall–Kier alpha value is -3.19. The third-order valence-corrected chi connectivity index (χ3v) is 7.04. The molecular formula is C28H34N2O5. The average Bonchev–Trinajstić information content (AvgIpc) is 3.23. The highest BCUT2D eigenvalue weighted by atomic mass is 16.5. The maximum atomic E-state index is 13.8. The van der Waals surface area contributed by atoms with Gasteiger partial charge in [0.2, 0.25) is 5.91 Å². The van der Waals surface area contributed by atoms with Gasteiger partial charge in [0.1, 0.15) is 17.9 Å². The molecular weight excluding hydrogens is 444 g/mol. The molecule has 2 heterocycles. The van der Waals surface area contributed by atoms with Gasteiger partial charge in [0.15, 0.2) is 0 Å². The molecule has 2 aliphatic rings. The Morgan fingerprint density at radius 3 is 2.69 bits per heavy atom. The number of cyclic esters (lactones) is 1. The van der Waals surface area contributed by atoms with Crippen LogP contribution in [-0.4, -0.2) is 55.5 Å². The van der Waals surface area contributed by atoms with Crippen molar-refractivity contribution in [2.45, 2.75) is 57.7 Å². The number of fused-ring (bicyclic) bond motifs is 7. The van der Waals surface area contributed by atoms with Crippen LogP contribution in [0.25, 0.3) is 16.8 Å². The van der Waals surface area contributed by atoms with E-state index in [-0.39, 0.29) is 19.1 Å². The van der Waals surface area contributed by atoms with E-state index in [2.05, 4.69) is 41.7 Å². The first kappa shape index (κ1) is 24.9. The molecule has 1 fully saturated rings. The number of benzene rings is 2. The van der Waals surface area contributed by atoms with Crippen molar-refractivity contribution in [2.75, 3.05) is 20.3 Å². The molecule has 0 unspecified atom stereocenters. The van der Waals surface area contributed by atoms with Gasteiger partial charge in [-0.05, 0) is 52.3 Å². The molecule has 1 N–H and O–H groups in total. The Morgan fingerprint density at radius 2 is 1.97 bits per heavy atom. The van der Waals surface area contributed by atoms with Crippen LogP contribution in [0.5, 0.6) is 0 Å². The van der Waals surface area contributed by atoms with Gasteiger partial charge >= 0.3 is 6.09 Å². The van der Waals surface area contributed by atoms with Crippen LogP contribution in [-0.2, 0) is 24.7 Å². The minimum Gasteiger partial charge on any atom is -0.450 e. The van der Waals surface area contributed by atoms with Crippen molar-refractivity contribution in [3.8, 4) is 0 Å². The lowest BCUT2D eigenvalue weighted by Gasteiger charge is -2.35. The summed E-state index contributed by atoms with van der Waals surface area (Å²) in [6.45, 7) is 6.09. The molecule has 2 aromatic carbocycles. The number of carbonyl (C=O) groups is 3. The average molecular weight is 479 g/mol. The minimum absolute atomic E-state index is 0.205. The molecule has 35 heavy (non-hydrogen) atoms. The molecule has 0 aliphatic carbocycles. The van der Waals surface area contributed by atoms with E-state index in [9.17, 15) is 14.4 Å². The molecule has 3 atom stereocenters. The van der Waals surface area contributed by atoms with Crippen LogP contribution < -0.4 is 5.32 Å². The highest BCUT2D eigenvalue weighted by Gasteiger charge is 2.50. The molecule has 4 bridgehead atoms. The number of hydrogen-bond donors (Lipinski definition) is 1. The number of rotatable bonds is 2. The molecule has 2 amide bonds. The fourth-order valence-electron chi connectivity index (χ4n) is 5.03. The number of nitrogens with zero attached hydrogens (tertiary/aromatic N) is 1.